The van der Waals surface area contributed by atoms with Gasteiger partial charge in [-0.25, -0.2) is 0 Å². The van der Waals surface area contributed by atoms with Crippen molar-refractivity contribution in [1.29, 1.82) is 0 Å². The summed E-state index contributed by atoms with van der Waals surface area (Å²) in [7, 11) is 0. The van der Waals surface area contributed by atoms with E-state index < -0.39 is 0 Å². The van der Waals surface area contributed by atoms with Gasteiger partial charge in [-0.1, -0.05) is 6.92 Å². The highest BCUT2D eigenvalue weighted by Gasteiger charge is 2.10. The van der Waals surface area contributed by atoms with Gasteiger partial charge in [0, 0.05) is 12.6 Å². The average Bonchev–Trinajstić information content (AvgIpc) is 2.19. The molecule has 0 aromatic carbocycles. The maximum atomic E-state index is 3.38. The monoisotopic (exact) mass is 114 g/mol. The summed E-state index contributed by atoms with van der Waals surface area (Å²) in [5, 5.41) is 6.68. The number of rotatable bonds is 2. The molecular weight excluding hydrogens is 100 g/mol. The van der Waals surface area contributed by atoms with Crippen molar-refractivity contribution in [3.63, 3.8) is 0 Å². The van der Waals surface area contributed by atoms with Crippen LogP contribution in [0.4, 0.5) is 0 Å². The Morgan fingerprint density at radius 2 is 2.62 bits per heavy atom. The van der Waals surface area contributed by atoms with Crippen molar-refractivity contribution in [2.24, 2.45) is 0 Å². The number of likely N-dealkylation sites (N-methyl/N-ethyl adjacent to an activating group) is 1. The lowest BCUT2D eigenvalue weighted by Crippen LogP contribution is -2.30. The first kappa shape index (κ1) is 6.05. The normalized spacial score (nSPS) is 28.9. The molecule has 2 heteroatoms. The van der Waals surface area contributed by atoms with E-state index in [9.17, 15) is 0 Å². The summed E-state index contributed by atoms with van der Waals surface area (Å²) in [5.41, 5.74) is 0. The molecule has 1 atom stereocenters. The SMILES string of the molecule is CCN[C@@H]1CCNC1. The van der Waals surface area contributed by atoms with E-state index in [1.165, 1.54) is 13.0 Å². The van der Waals surface area contributed by atoms with Gasteiger partial charge in [0.15, 0.2) is 0 Å². The predicted molar refractivity (Wildman–Crippen MR) is 35.0 cm³/mol. The van der Waals surface area contributed by atoms with Gasteiger partial charge in [-0.05, 0) is 19.5 Å². The first-order valence-electron chi connectivity index (χ1n) is 3.37. The topological polar surface area (TPSA) is 24.1 Å². The van der Waals surface area contributed by atoms with E-state index in [1.54, 1.807) is 0 Å². The summed E-state index contributed by atoms with van der Waals surface area (Å²) in [6, 6.07) is 0.750. The van der Waals surface area contributed by atoms with Crippen molar-refractivity contribution >= 4 is 0 Å². The minimum absolute atomic E-state index is 0.750. The Morgan fingerprint density at radius 3 is 3.12 bits per heavy atom. The van der Waals surface area contributed by atoms with Crippen LogP contribution in [0.15, 0.2) is 0 Å². The molecule has 1 aliphatic heterocycles. The van der Waals surface area contributed by atoms with E-state index in [-0.39, 0.29) is 0 Å². The molecule has 1 rings (SSSR count). The number of nitrogens with one attached hydrogen (secondary N) is 2. The Labute approximate surface area is 50.7 Å². The van der Waals surface area contributed by atoms with E-state index in [2.05, 4.69) is 17.6 Å². The number of hydrogen-bond donors (Lipinski definition) is 2. The van der Waals surface area contributed by atoms with Crippen LogP contribution in [0.2, 0.25) is 0 Å². The molecule has 8 heavy (non-hydrogen) atoms. The van der Waals surface area contributed by atoms with Gasteiger partial charge in [0.25, 0.3) is 0 Å². The van der Waals surface area contributed by atoms with Crippen molar-refractivity contribution < 1.29 is 0 Å². The Balaban J connectivity index is 2.06. The molecule has 0 radical (unpaired) electrons. The highest BCUT2D eigenvalue weighted by Crippen LogP contribution is 1.94. The molecule has 0 spiro atoms. The van der Waals surface area contributed by atoms with Gasteiger partial charge in [0.2, 0.25) is 0 Å². The molecule has 0 amide bonds. The van der Waals surface area contributed by atoms with Gasteiger partial charge >= 0.3 is 0 Å². The average molecular weight is 114 g/mol. The van der Waals surface area contributed by atoms with Crippen LogP contribution in [0.3, 0.4) is 0 Å². The van der Waals surface area contributed by atoms with Crippen LogP contribution in [-0.2, 0) is 0 Å². The van der Waals surface area contributed by atoms with Crippen LogP contribution >= 0.6 is 0 Å². The largest absolute Gasteiger partial charge is 0.315 e. The van der Waals surface area contributed by atoms with Crippen LogP contribution < -0.4 is 10.6 Å². The summed E-state index contributed by atoms with van der Waals surface area (Å²) in [5.74, 6) is 0. The molecule has 1 saturated heterocycles. The third-order valence-electron chi connectivity index (χ3n) is 1.55. The third-order valence-corrected chi connectivity index (χ3v) is 1.55. The molecule has 1 aliphatic rings. The molecule has 0 saturated carbocycles. The smallest absolute Gasteiger partial charge is 0.0204 e. The van der Waals surface area contributed by atoms with Crippen LogP contribution in [0.25, 0.3) is 0 Å². The van der Waals surface area contributed by atoms with Gasteiger partial charge in [0.1, 0.15) is 0 Å². The van der Waals surface area contributed by atoms with Crippen LogP contribution in [-0.4, -0.2) is 25.7 Å². The molecule has 48 valence electrons. The van der Waals surface area contributed by atoms with E-state index in [1.807, 2.05) is 0 Å². The van der Waals surface area contributed by atoms with Crippen molar-refractivity contribution in [2.45, 2.75) is 19.4 Å². The number of hydrogen-bond acceptors (Lipinski definition) is 2. The van der Waals surface area contributed by atoms with E-state index in [0.717, 1.165) is 19.1 Å². The van der Waals surface area contributed by atoms with Gasteiger partial charge in [-0.3, -0.25) is 0 Å². The maximum absolute atomic E-state index is 3.38. The molecule has 0 aliphatic carbocycles. The van der Waals surface area contributed by atoms with Gasteiger partial charge in [-0.2, -0.15) is 0 Å². The van der Waals surface area contributed by atoms with Crippen LogP contribution in [0.5, 0.6) is 0 Å². The fourth-order valence-electron chi connectivity index (χ4n) is 1.12. The highest BCUT2D eigenvalue weighted by atomic mass is 15.0. The van der Waals surface area contributed by atoms with E-state index in [0.29, 0.717) is 0 Å². The first-order valence-corrected chi connectivity index (χ1v) is 3.37. The fourth-order valence-corrected chi connectivity index (χ4v) is 1.12. The molecule has 0 unspecified atom stereocenters. The summed E-state index contributed by atoms with van der Waals surface area (Å²) >= 11 is 0. The lowest BCUT2D eigenvalue weighted by Gasteiger charge is -2.06. The molecule has 1 fully saturated rings. The third kappa shape index (κ3) is 1.46. The second-order valence-electron chi connectivity index (χ2n) is 2.25. The first-order chi connectivity index (χ1) is 3.93. The zero-order chi connectivity index (χ0) is 5.82. The molecular formula is C6H14N2. The second-order valence-corrected chi connectivity index (χ2v) is 2.25. The maximum Gasteiger partial charge on any atom is 0.0204 e. The van der Waals surface area contributed by atoms with Crippen LogP contribution in [0.1, 0.15) is 13.3 Å². The Bertz CT molecular complexity index is 57.5. The van der Waals surface area contributed by atoms with E-state index >= 15 is 0 Å². The fraction of sp³-hybridized carbons (Fsp3) is 1.00. The zero-order valence-electron chi connectivity index (χ0n) is 5.41. The van der Waals surface area contributed by atoms with Gasteiger partial charge in [0.05, 0.1) is 0 Å². The molecule has 0 bridgehead atoms. The predicted octanol–water partition coefficient (Wildman–Crippen LogP) is -0.0422. The zero-order valence-corrected chi connectivity index (χ0v) is 5.41. The summed E-state index contributed by atoms with van der Waals surface area (Å²) in [4.78, 5) is 0. The quantitative estimate of drug-likeness (QED) is 0.526. The Morgan fingerprint density at radius 1 is 1.75 bits per heavy atom. The van der Waals surface area contributed by atoms with Crippen molar-refractivity contribution in [2.75, 3.05) is 19.6 Å². The van der Waals surface area contributed by atoms with Gasteiger partial charge in [-0.15, -0.1) is 0 Å². The molecule has 2 nitrogen and oxygen atoms in total. The lowest BCUT2D eigenvalue weighted by atomic mass is 10.3. The van der Waals surface area contributed by atoms with Crippen molar-refractivity contribution in [3.8, 4) is 0 Å². The minimum Gasteiger partial charge on any atom is -0.315 e. The second kappa shape index (κ2) is 3.05. The van der Waals surface area contributed by atoms with Gasteiger partial charge < -0.3 is 10.6 Å². The minimum atomic E-state index is 0.750. The Hall–Kier alpha value is -0.0800. The summed E-state index contributed by atoms with van der Waals surface area (Å²) in [6.07, 6.45) is 1.30. The molecule has 0 aromatic heterocycles. The Kier molecular flexibility index (Phi) is 2.30. The van der Waals surface area contributed by atoms with Crippen LogP contribution in [0, 0.1) is 0 Å². The standard InChI is InChI=1S/C6H14N2/c1-2-8-6-3-4-7-5-6/h6-8H,2-5H2,1H3/t6-/m1/s1. The molecule has 0 aromatic rings. The summed E-state index contributed by atoms with van der Waals surface area (Å²) < 4.78 is 0. The molecule has 1 heterocycles. The lowest BCUT2D eigenvalue weighted by molar-refractivity contribution is 0.567. The molecule has 2 N–H and O–H groups in total. The van der Waals surface area contributed by atoms with Crippen molar-refractivity contribution in [3.05, 3.63) is 0 Å². The van der Waals surface area contributed by atoms with Crippen molar-refractivity contribution in [1.82, 2.24) is 10.6 Å². The van der Waals surface area contributed by atoms with E-state index in [4.69, 9.17) is 0 Å². The summed E-state index contributed by atoms with van der Waals surface area (Å²) in [6.45, 7) is 5.61. The highest BCUT2D eigenvalue weighted by molar-refractivity contribution is 4.76.